The van der Waals surface area contributed by atoms with Crippen LogP contribution in [0.4, 0.5) is 24.0 Å². The van der Waals surface area contributed by atoms with Gasteiger partial charge >= 0.3 is 442 Å². The third-order valence-corrected chi connectivity index (χ3v) is 0. The summed E-state index contributed by atoms with van der Waals surface area (Å²) in [4.78, 5) is 42.8. The maximum atomic E-state index is 8.56. The van der Waals surface area contributed by atoms with Crippen molar-refractivity contribution < 1.29 is 498 Å². The van der Waals surface area contributed by atoms with E-state index >= 15 is 0 Å². The van der Waals surface area contributed by atoms with Crippen molar-refractivity contribution in [3.05, 3.63) is 0 Å². The van der Waals surface area contributed by atoms with Crippen molar-refractivity contribution in [1.29, 1.82) is 0 Å². The number of hydrogen-bond donors (Lipinski definition) is 10. The molecule has 0 saturated carbocycles. The third-order valence-electron chi connectivity index (χ3n) is 0. The summed E-state index contributed by atoms with van der Waals surface area (Å²) in [5.74, 6) is 0. The Kier molecular flexibility index (Phi) is 228. The van der Waals surface area contributed by atoms with Crippen LogP contribution >= 0.6 is 0 Å². The van der Waals surface area contributed by atoms with E-state index in [1.165, 1.54) is 0 Å². The molecule has 0 aromatic rings. The second kappa shape index (κ2) is 76.6. The molecule has 0 aliphatic heterocycles. The zero-order chi connectivity index (χ0) is 17.9. The van der Waals surface area contributed by atoms with Gasteiger partial charge in [0.25, 0.3) is 0 Å². The van der Waals surface area contributed by atoms with Gasteiger partial charge in [-0.1, -0.05) is 0 Å². The Morgan fingerprint density at radius 2 is 0.286 bits per heavy atom. The molecule has 28 heavy (non-hydrogen) atoms. The van der Waals surface area contributed by atoms with E-state index < -0.39 is 30.8 Å². The fourth-order valence-electron chi connectivity index (χ4n) is 0. The minimum absolute atomic E-state index is 0. The Morgan fingerprint density at radius 1 is 0.286 bits per heavy atom. The van der Waals surface area contributed by atoms with Crippen LogP contribution in [0, 0.1) is 0 Å². The quantitative estimate of drug-likeness (QED) is 0.111. The maximum Gasteiger partial charge on any atom is 1.00 e. The second-order valence-electron chi connectivity index (χ2n) is 1.41. The molecule has 0 aliphatic carbocycles. The molecular formula is C5H18K8O15. The van der Waals surface area contributed by atoms with Gasteiger partial charge in [0.2, 0.25) is 0 Å². The minimum Gasteiger partial charge on any atom is -1.00 e. The predicted octanol–water partition coefficient (Wildman–Crippen LogP) is -22.0. The number of hydrogen-bond acceptors (Lipinski definition) is 5. The number of rotatable bonds is 0. The fraction of sp³-hybridized carbons (Fsp3) is 0. The third kappa shape index (κ3) is 472. The molecule has 0 spiro atoms. The molecule has 0 bridgehead atoms. The molecular weight excluding hydrogens is 613 g/mol. The molecule has 0 aromatic heterocycles. The predicted molar refractivity (Wildman–Crippen MR) is 62.2 cm³/mol. The molecule has 0 atom stereocenters. The molecule has 0 fully saturated rings. The maximum absolute atomic E-state index is 8.56. The smallest absolute Gasteiger partial charge is 1.00 e. The summed E-state index contributed by atoms with van der Waals surface area (Å²) >= 11 is 0. The molecule has 0 rings (SSSR count). The Labute approximate surface area is 510 Å². The van der Waals surface area contributed by atoms with Gasteiger partial charge in [-0.2, -0.15) is 0 Å². The molecule has 15 nitrogen and oxygen atoms in total. The van der Waals surface area contributed by atoms with E-state index in [0.29, 0.717) is 0 Å². The van der Waals surface area contributed by atoms with Crippen molar-refractivity contribution in [1.82, 2.24) is 0 Å². The van der Waals surface area contributed by atoms with Crippen LogP contribution in [0.5, 0.6) is 0 Å². The van der Waals surface area contributed by atoms with Gasteiger partial charge in [0, 0.05) is 0 Å². The van der Waals surface area contributed by atoms with Crippen molar-refractivity contribution in [3.8, 4) is 0 Å². The molecule has 0 heterocycles. The minimum atomic E-state index is -1.83. The molecule has 0 unspecified atom stereocenters. The van der Waals surface area contributed by atoms with Crippen molar-refractivity contribution in [3.63, 3.8) is 0 Å². The van der Waals surface area contributed by atoms with Gasteiger partial charge in [-0.05, 0) is 0 Å². The van der Waals surface area contributed by atoms with Gasteiger partial charge in [-0.25, -0.2) is 24.0 Å². The van der Waals surface area contributed by atoms with E-state index in [2.05, 4.69) is 0 Å². The molecule has 23 heteroatoms. The van der Waals surface area contributed by atoms with Gasteiger partial charge in [0.05, 0.1) is 0 Å². The van der Waals surface area contributed by atoms with E-state index in [-0.39, 0.29) is 422 Å². The van der Waals surface area contributed by atoms with Crippen LogP contribution in [-0.2, 0) is 0 Å². The normalized spacial score (nSPS) is 4.29. The first-order chi connectivity index (χ1) is 8.66. The average molecular weight is 631 g/mol. The second-order valence-corrected chi connectivity index (χ2v) is 1.41. The molecule has 0 aliphatic rings. The van der Waals surface area contributed by atoms with Gasteiger partial charge < -0.3 is 62.5 Å². The van der Waals surface area contributed by atoms with Gasteiger partial charge in [-0.3, -0.25) is 0 Å². The summed E-state index contributed by atoms with van der Waals surface area (Å²) in [7, 11) is 0. The Bertz CT molecular complexity index is 253. The van der Waals surface area contributed by atoms with Crippen LogP contribution in [0.3, 0.4) is 0 Å². The van der Waals surface area contributed by atoms with E-state index in [0.717, 1.165) is 0 Å². The van der Waals surface area contributed by atoms with Crippen LogP contribution < -0.4 is 411 Å². The van der Waals surface area contributed by atoms with Crippen molar-refractivity contribution in [2.24, 2.45) is 0 Å². The first-order valence-corrected chi connectivity index (χ1v) is 3.26. The van der Waals surface area contributed by atoms with Crippen LogP contribution in [-0.4, -0.2) is 81.8 Å². The van der Waals surface area contributed by atoms with Crippen LogP contribution in [0.1, 0.15) is 11.4 Å². The SMILES string of the molecule is O=C(O)O.O=C(O)O.O=C(O)O.O=C(O)O.O=C(O)O.[H-].[H-].[H-].[H-].[H-].[H-].[H-].[H-].[K+].[K+].[K+].[K+].[K+].[K+].[K+].[K+]. The summed E-state index contributed by atoms with van der Waals surface area (Å²) < 4.78 is 0. The molecule has 10 N–H and O–H groups in total. The Morgan fingerprint density at radius 3 is 0.286 bits per heavy atom. The Hall–Kier alpha value is 9.44. The van der Waals surface area contributed by atoms with Gasteiger partial charge in [0.1, 0.15) is 0 Å². The fourth-order valence-corrected chi connectivity index (χ4v) is 0. The zero-order valence-electron chi connectivity index (χ0n) is 25.0. The first kappa shape index (κ1) is 83.2. The van der Waals surface area contributed by atoms with Gasteiger partial charge in [-0.15, -0.1) is 0 Å². The topological polar surface area (TPSA) is 288 Å². The van der Waals surface area contributed by atoms with Crippen LogP contribution in [0.2, 0.25) is 0 Å². The molecule has 0 aromatic carbocycles. The summed E-state index contributed by atoms with van der Waals surface area (Å²) in [6.07, 6.45) is -9.17. The molecule has 0 saturated heterocycles. The van der Waals surface area contributed by atoms with E-state index in [9.17, 15) is 0 Å². The van der Waals surface area contributed by atoms with Gasteiger partial charge in [0.15, 0.2) is 0 Å². The molecule has 136 valence electrons. The van der Waals surface area contributed by atoms with Crippen LogP contribution in [0.15, 0.2) is 0 Å². The van der Waals surface area contributed by atoms with Crippen LogP contribution in [0.25, 0.3) is 0 Å². The molecule has 0 radical (unpaired) electrons. The summed E-state index contributed by atoms with van der Waals surface area (Å²) in [6, 6.07) is 0. The Balaban J connectivity index is -0.00000000370. The van der Waals surface area contributed by atoms with E-state index in [1.54, 1.807) is 0 Å². The monoisotopic (exact) mass is 630 g/mol. The number of carbonyl (C=O) groups is 5. The summed E-state index contributed by atoms with van der Waals surface area (Å²) in [5.41, 5.74) is 0. The zero-order valence-corrected chi connectivity index (χ0v) is 42.0. The van der Waals surface area contributed by atoms with Crippen molar-refractivity contribution in [2.45, 2.75) is 0 Å². The van der Waals surface area contributed by atoms with Crippen molar-refractivity contribution >= 4 is 30.8 Å². The summed E-state index contributed by atoms with van der Waals surface area (Å²) in [5, 5.41) is 69.7. The largest absolute Gasteiger partial charge is 1.00 e. The first-order valence-electron chi connectivity index (χ1n) is 3.26. The number of carboxylic acid groups (broad SMARTS) is 10. The average Bonchev–Trinajstić information content (AvgIpc) is 1.94. The standard InChI is InChI=1S/5CH2O3.8K.8H/c5*2-1(3)4;;;;;;;;;;;;;;;;/h5*(H2,2,3,4);;;;;;;;;;;;;;;;/q;;;;;8*+1;8*-1. The van der Waals surface area contributed by atoms with E-state index in [4.69, 9.17) is 75.0 Å². The van der Waals surface area contributed by atoms with E-state index in [1.807, 2.05) is 0 Å². The summed E-state index contributed by atoms with van der Waals surface area (Å²) in [6.45, 7) is 0. The molecule has 0 amide bonds. The van der Waals surface area contributed by atoms with Crippen molar-refractivity contribution in [2.75, 3.05) is 0 Å².